The van der Waals surface area contributed by atoms with Gasteiger partial charge in [0.05, 0.1) is 6.17 Å². The van der Waals surface area contributed by atoms with Crippen molar-refractivity contribution in [2.45, 2.75) is 64.6 Å². The van der Waals surface area contributed by atoms with Gasteiger partial charge in [0.1, 0.15) is 0 Å². The molecule has 1 saturated heterocycles. The molecule has 0 aromatic carbocycles. The molecule has 1 atom stereocenters. The number of hydrogen-bond donors (Lipinski definition) is 3. The summed E-state index contributed by atoms with van der Waals surface area (Å²) >= 11 is 0. The lowest BCUT2D eigenvalue weighted by atomic mass is 9.92. The van der Waals surface area contributed by atoms with Gasteiger partial charge in [-0.15, -0.1) is 0 Å². The normalized spacial score (nSPS) is 32.6. The minimum atomic E-state index is -0.0817. The molecule has 1 heterocycles. The Morgan fingerprint density at radius 1 is 1.31 bits per heavy atom. The Morgan fingerprint density at radius 2 is 1.94 bits per heavy atom. The molecule has 3 nitrogen and oxygen atoms in total. The van der Waals surface area contributed by atoms with Crippen LogP contribution in [0.2, 0.25) is 0 Å². The second-order valence-corrected chi connectivity index (χ2v) is 5.62. The van der Waals surface area contributed by atoms with Crippen LogP contribution in [0.4, 0.5) is 0 Å². The number of hydrogen-bond acceptors (Lipinski definition) is 3. The first-order valence-corrected chi connectivity index (χ1v) is 6.83. The summed E-state index contributed by atoms with van der Waals surface area (Å²) in [5.41, 5.74) is 5.98. The summed E-state index contributed by atoms with van der Waals surface area (Å²) in [5, 5.41) is 7.03. The Labute approximate surface area is 101 Å². The molecule has 0 spiro atoms. The summed E-state index contributed by atoms with van der Waals surface area (Å²) < 4.78 is 0. The monoisotopic (exact) mass is 227 g/mol. The van der Waals surface area contributed by atoms with Gasteiger partial charge in [0, 0.05) is 18.6 Å². The van der Waals surface area contributed by atoms with Gasteiger partial charge in [-0.25, -0.2) is 0 Å². The van der Waals surface area contributed by atoms with Gasteiger partial charge in [0.15, 0.2) is 0 Å². The molecular formula is C13H29N3. The Hall–Kier alpha value is -0.120. The van der Waals surface area contributed by atoms with Crippen LogP contribution in [-0.4, -0.2) is 24.8 Å². The molecule has 1 unspecified atom stereocenters. The lowest BCUT2D eigenvalue weighted by molar-refractivity contribution is 0.231. The van der Waals surface area contributed by atoms with Gasteiger partial charge in [-0.2, -0.15) is 0 Å². The lowest BCUT2D eigenvalue weighted by Gasteiger charge is -2.37. The van der Waals surface area contributed by atoms with Gasteiger partial charge in [-0.05, 0) is 19.3 Å². The molecule has 1 aliphatic heterocycles. The van der Waals surface area contributed by atoms with Crippen LogP contribution in [0.25, 0.3) is 0 Å². The summed E-state index contributed by atoms with van der Waals surface area (Å²) in [4.78, 5) is 0. The van der Waals surface area contributed by atoms with Gasteiger partial charge in [-0.1, -0.05) is 39.5 Å². The molecule has 96 valence electrons. The number of nitrogens with two attached hydrogens (primary N) is 1. The molecular weight excluding hydrogens is 198 g/mol. The molecule has 0 saturated carbocycles. The van der Waals surface area contributed by atoms with Crippen molar-refractivity contribution in [2.75, 3.05) is 13.1 Å². The zero-order valence-corrected chi connectivity index (χ0v) is 11.2. The Morgan fingerprint density at radius 3 is 2.44 bits per heavy atom. The predicted molar refractivity (Wildman–Crippen MR) is 70.3 cm³/mol. The minimum absolute atomic E-state index is 0.0817. The number of nitrogens with one attached hydrogen (secondary N) is 2. The molecule has 0 aliphatic carbocycles. The standard InChI is InChI=1S/C13H29N3/c1-4-6-7-11(5-2)8-12-15-9-13(3,14)10-16-12/h11-12,15-16H,4-10,14H2,1-3H3. The number of rotatable bonds is 6. The molecule has 4 N–H and O–H groups in total. The topological polar surface area (TPSA) is 50.1 Å². The van der Waals surface area contributed by atoms with E-state index in [9.17, 15) is 0 Å². The van der Waals surface area contributed by atoms with Crippen molar-refractivity contribution in [3.05, 3.63) is 0 Å². The van der Waals surface area contributed by atoms with E-state index in [2.05, 4.69) is 31.4 Å². The number of unbranched alkanes of at least 4 members (excludes halogenated alkanes) is 1. The molecule has 1 fully saturated rings. The Bertz CT molecular complexity index is 182. The first kappa shape index (κ1) is 13.9. The van der Waals surface area contributed by atoms with E-state index in [1.807, 2.05) is 0 Å². The molecule has 1 rings (SSSR count). The lowest BCUT2D eigenvalue weighted by Crippen LogP contribution is -2.64. The average Bonchev–Trinajstić information content (AvgIpc) is 2.26. The maximum atomic E-state index is 6.06. The molecule has 0 aromatic heterocycles. The molecule has 1 aliphatic rings. The third kappa shape index (κ3) is 4.81. The first-order valence-electron chi connectivity index (χ1n) is 6.83. The second kappa shape index (κ2) is 6.58. The first-order chi connectivity index (χ1) is 7.57. The van der Waals surface area contributed by atoms with Gasteiger partial charge in [0.2, 0.25) is 0 Å². The van der Waals surface area contributed by atoms with Crippen LogP contribution < -0.4 is 16.4 Å². The highest BCUT2D eigenvalue weighted by atomic mass is 15.2. The third-order valence-electron chi connectivity index (χ3n) is 3.62. The van der Waals surface area contributed by atoms with Crippen molar-refractivity contribution in [1.29, 1.82) is 0 Å². The highest BCUT2D eigenvalue weighted by Crippen LogP contribution is 2.19. The van der Waals surface area contributed by atoms with Crippen LogP contribution in [-0.2, 0) is 0 Å². The van der Waals surface area contributed by atoms with E-state index < -0.39 is 0 Å². The maximum absolute atomic E-state index is 6.06. The zero-order chi connectivity index (χ0) is 12.0. The van der Waals surface area contributed by atoms with Crippen molar-refractivity contribution in [1.82, 2.24) is 10.6 Å². The molecule has 3 heteroatoms. The minimum Gasteiger partial charge on any atom is -0.323 e. The Balaban J connectivity index is 2.25. The van der Waals surface area contributed by atoms with Crippen LogP contribution in [0.15, 0.2) is 0 Å². The highest BCUT2D eigenvalue weighted by Gasteiger charge is 2.27. The van der Waals surface area contributed by atoms with Crippen molar-refractivity contribution >= 4 is 0 Å². The second-order valence-electron chi connectivity index (χ2n) is 5.62. The van der Waals surface area contributed by atoms with Gasteiger partial charge < -0.3 is 16.4 Å². The fraction of sp³-hybridized carbons (Fsp3) is 1.00. The summed E-state index contributed by atoms with van der Waals surface area (Å²) in [7, 11) is 0. The van der Waals surface area contributed by atoms with E-state index in [4.69, 9.17) is 5.73 Å². The van der Waals surface area contributed by atoms with Crippen molar-refractivity contribution in [3.8, 4) is 0 Å². The van der Waals surface area contributed by atoms with Crippen molar-refractivity contribution < 1.29 is 0 Å². The summed E-state index contributed by atoms with van der Waals surface area (Å²) in [6.45, 7) is 8.52. The average molecular weight is 227 g/mol. The van der Waals surface area contributed by atoms with E-state index in [-0.39, 0.29) is 5.54 Å². The quantitative estimate of drug-likeness (QED) is 0.649. The molecule has 16 heavy (non-hydrogen) atoms. The van der Waals surface area contributed by atoms with E-state index in [1.165, 1.54) is 32.1 Å². The van der Waals surface area contributed by atoms with E-state index in [0.717, 1.165) is 19.0 Å². The van der Waals surface area contributed by atoms with Crippen LogP contribution in [0.3, 0.4) is 0 Å². The largest absolute Gasteiger partial charge is 0.323 e. The molecule has 0 bridgehead atoms. The van der Waals surface area contributed by atoms with Crippen molar-refractivity contribution in [2.24, 2.45) is 11.7 Å². The summed E-state index contributed by atoms with van der Waals surface area (Å²) in [6, 6.07) is 0. The summed E-state index contributed by atoms with van der Waals surface area (Å²) in [6.07, 6.45) is 7.04. The molecule has 0 aromatic rings. The van der Waals surface area contributed by atoms with Gasteiger partial charge >= 0.3 is 0 Å². The highest BCUT2D eigenvalue weighted by molar-refractivity contribution is 4.91. The zero-order valence-electron chi connectivity index (χ0n) is 11.2. The van der Waals surface area contributed by atoms with Gasteiger partial charge in [-0.3, -0.25) is 0 Å². The van der Waals surface area contributed by atoms with E-state index >= 15 is 0 Å². The predicted octanol–water partition coefficient (Wildman–Crippen LogP) is 1.83. The fourth-order valence-corrected chi connectivity index (χ4v) is 2.33. The van der Waals surface area contributed by atoms with Gasteiger partial charge in [0.25, 0.3) is 0 Å². The SMILES string of the molecule is CCCCC(CC)CC1NCC(C)(N)CN1. The van der Waals surface area contributed by atoms with Crippen LogP contribution in [0, 0.1) is 5.92 Å². The fourth-order valence-electron chi connectivity index (χ4n) is 2.33. The van der Waals surface area contributed by atoms with E-state index in [1.54, 1.807) is 0 Å². The Kier molecular flexibility index (Phi) is 5.73. The van der Waals surface area contributed by atoms with Crippen LogP contribution in [0.1, 0.15) is 52.9 Å². The third-order valence-corrected chi connectivity index (χ3v) is 3.62. The summed E-state index contributed by atoms with van der Waals surface area (Å²) in [5.74, 6) is 0.854. The smallest absolute Gasteiger partial charge is 0.0575 e. The molecule has 0 amide bonds. The van der Waals surface area contributed by atoms with E-state index in [0.29, 0.717) is 6.17 Å². The maximum Gasteiger partial charge on any atom is 0.0575 e. The molecule has 0 radical (unpaired) electrons. The van der Waals surface area contributed by atoms with Crippen LogP contribution >= 0.6 is 0 Å². The van der Waals surface area contributed by atoms with Crippen molar-refractivity contribution in [3.63, 3.8) is 0 Å². The van der Waals surface area contributed by atoms with Crippen LogP contribution in [0.5, 0.6) is 0 Å².